The van der Waals surface area contributed by atoms with E-state index in [-0.39, 0.29) is 11.8 Å². The van der Waals surface area contributed by atoms with Crippen molar-refractivity contribution in [3.8, 4) is 0 Å². The van der Waals surface area contributed by atoms with Gasteiger partial charge in [-0.05, 0) is 76.0 Å². The second kappa shape index (κ2) is 11.9. The smallest absolute Gasteiger partial charge is 0.240 e. The SMILES string of the molecule is CC1CCC/C(=N\NC(=O)CCCCCC(=O)N/N=C2\CCCC(C)C2)C1. The van der Waals surface area contributed by atoms with Gasteiger partial charge in [-0.15, -0.1) is 0 Å². The molecule has 0 aromatic carbocycles. The average molecular weight is 377 g/mol. The molecule has 2 amide bonds. The summed E-state index contributed by atoms with van der Waals surface area (Å²) >= 11 is 0. The number of nitrogens with zero attached hydrogens (tertiary/aromatic N) is 2. The van der Waals surface area contributed by atoms with Gasteiger partial charge in [-0.2, -0.15) is 10.2 Å². The van der Waals surface area contributed by atoms with E-state index < -0.39 is 0 Å². The molecule has 2 N–H and O–H groups in total. The summed E-state index contributed by atoms with van der Waals surface area (Å²) in [5.74, 6) is 1.30. The van der Waals surface area contributed by atoms with E-state index in [1.165, 1.54) is 25.7 Å². The molecule has 0 aliphatic heterocycles. The lowest BCUT2D eigenvalue weighted by atomic mass is 9.89. The van der Waals surface area contributed by atoms with Crippen molar-refractivity contribution in [2.45, 2.75) is 97.3 Å². The van der Waals surface area contributed by atoms with Crippen LogP contribution in [0.4, 0.5) is 0 Å². The first kappa shape index (κ1) is 21.6. The lowest BCUT2D eigenvalue weighted by Crippen LogP contribution is -2.22. The zero-order valence-corrected chi connectivity index (χ0v) is 17.1. The Morgan fingerprint density at radius 3 is 1.67 bits per heavy atom. The van der Waals surface area contributed by atoms with Gasteiger partial charge in [0.15, 0.2) is 0 Å². The summed E-state index contributed by atoms with van der Waals surface area (Å²) < 4.78 is 0. The summed E-state index contributed by atoms with van der Waals surface area (Å²) in [4.78, 5) is 23.7. The van der Waals surface area contributed by atoms with Crippen molar-refractivity contribution in [3.05, 3.63) is 0 Å². The Hall–Kier alpha value is -1.72. The molecule has 2 rings (SSSR count). The Kier molecular flexibility index (Phi) is 9.50. The Balaban J connectivity index is 1.51. The van der Waals surface area contributed by atoms with E-state index in [1.54, 1.807) is 0 Å². The lowest BCUT2D eigenvalue weighted by Gasteiger charge is -2.19. The first-order chi connectivity index (χ1) is 13.0. The van der Waals surface area contributed by atoms with E-state index in [0.29, 0.717) is 24.7 Å². The summed E-state index contributed by atoms with van der Waals surface area (Å²) in [7, 11) is 0. The third-order valence-electron chi connectivity index (χ3n) is 5.48. The van der Waals surface area contributed by atoms with Crippen LogP contribution < -0.4 is 10.9 Å². The Morgan fingerprint density at radius 2 is 1.26 bits per heavy atom. The molecule has 2 aliphatic carbocycles. The predicted octanol–water partition coefficient (Wildman–Crippen LogP) is 4.30. The van der Waals surface area contributed by atoms with Gasteiger partial charge in [0, 0.05) is 24.3 Å². The molecule has 27 heavy (non-hydrogen) atoms. The van der Waals surface area contributed by atoms with Crippen LogP contribution in [-0.4, -0.2) is 23.2 Å². The summed E-state index contributed by atoms with van der Waals surface area (Å²) in [5, 5.41) is 8.55. The minimum Gasteiger partial charge on any atom is -0.273 e. The first-order valence-corrected chi connectivity index (χ1v) is 10.7. The van der Waals surface area contributed by atoms with Crippen LogP contribution in [0, 0.1) is 11.8 Å². The number of amides is 2. The molecule has 0 bridgehead atoms. The molecule has 6 nitrogen and oxygen atoms in total. The van der Waals surface area contributed by atoms with Gasteiger partial charge in [0.2, 0.25) is 11.8 Å². The molecule has 0 saturated heterocycles. The minimum atomic E-state index is -0.0250. The molecule has 0 aromatic heterocycles. The quantitative estimate of drug-likeness (QED) is 0.489. The Labute approximate surface area is 163 Å². The van der Waals surface area contributed by atoms with Crippen LogP contribution in [0.5, 0.6) is 0 Å². The van der Waals surface area contributed by atoms with Crippen molar-refractivity contribution < 1.29 is 9.59 Å². The fraction of sp³-hybridized carbons (Fsp3) is 0.810. The standard InChI is InChI=1S/C21H36N4O2/c1-16-8-6-10-18(14-16)22-24-20(26)12-4-3-5-13-21(27)25-23-19-11-7-9-17(2)15-19/h16-17H,3-15H2,1-2H3,(H,24,26)(H,25,27)/b22-18+,23-19+. The van der Waals surface area contributed by atoms with Crippen LogP contribution in [0.25, 0.3) is 0 Å². The molecule has 2 unspecified atom stereocenters. The van der Waals surface area contributed by atoms with Crippen LogP contribution >= 0.6 is 0 Å². The summed E-state index contributed by atoms with van der Waals surface area (Å²) in [6, 6.07) is 0. The number of hydrazone groups is 2. The molecule has 2 saturated carbocycles. The lowest BCUT2D eigenvalue weighted by molar-refractivity contribution is -0.121. The largest absolute Gasteiger partial charge is 0.273 e. The number of hydrogen-bond donors (Lipinski definition) is 2. The molecular formula is C21H36N4O2. The van der Waals surface area contributed by atoms with Crippen molar-refractivity contribution in [2.75, 3.05) is 0 Å². The number of hydrogen-bond acceptors (Lipinski definition) is 4. The monoisotopic (exact) mass is 376 g/mol. The van der Waals surface area contributed by atoms with Crippen molar-refractivity contribution >= 4 is 23.2 Å². The second-order valence-corrected chi connectivity index (χ2v) is 8.39. The van der Waals surface area contributed by atoms with Crippen molar-refractivity contribution in [2.24, 2.45) is 22.0 Å². The number of carbonyl (C=O) groups excluding carboxylic acids is 2. The molecule has 152 valence electrons. The van der Waals surface area contributed by atoms with Crippen LogP contribution in [-0.2, 0) is 9.59 Å². The fourth-order valence-electron chi connectivity index (χ4n) is 3.87. The highest BCUT2D eigenvalue weighted by molar-refractivity contribution is 5.87. The molecule has 0 radical (unpaired) electrons. The minimum absolute atomic E-state index is 0.0250. The number of rotatable bonds is 8. The topological polar surface area (TPSA) is 82.9 Å². The van der Waals surface area contributed by atoms with E-state index in [0.717, 1.165) is 56.4 Å². The van der Waals surface area contributed by atoms with Crippen molar-refractivity contribution in [1.82, 2.24) is 10.9 Å². The normalized spacial score (nSPS) is 26.1. The van der Waals surface area contributed by atoms with Crippen LogP contribution in [0.1, 0.15) is 97.3 Å². The number of nitrogens with one attached hydrogen (secondary N) is 2. The summed E-state index contributed by atoms with van der Waals surface area (Å²) in [5.41, 5.74) is 7.61. The fourth-order valence-corrected chi connectivity index (χ4v) is 3.87. The molecule has 0 aromatic rings. The van der Waals surface area contributed by atoms with E-state index in [4.69, 9.17) is 0 Å². The van der Waals surface area contributed by atoms with E-state index in [1.807, 2.05) is 0 Å². The third kappa shape index (κ3) is 9.16. The van der Waals surface area contributed by atoms with Gasteiger partial charge in [-0.3, -0.25) is 9.59 Å². The highest BCUT2D eigenvalue weighted by Gasteiger charge is 2.15. The first-order valence-electron chi connectivity index (χ1n) is 10.7. The molecule has 0 heterocycles. The Bertz CT molecular complexity index is 508. The van der Waals surface area contributed by atoms with Gasteiger partial charge in [0.1, 0.15) is 0 Å². The molecule has 6 heteroatoms. The Morgan fingerprint density at radius 1 is 0.815 bits per heavy atom. The highest BCUT2D eigenvalue weighted by atomic mass is 16.2. The zero-order valence-electron chi connectivity index (χ0n) is 17.1. The number of unbranched alkanes of at least 4 members (excludes halogenated alkanes) is 2. The van der Waals surface area contributed by atoms with Gasteiger partial charge in [-0.25, -0.2) is 10.9 Å². The zero-order chi connectivity index (χ0) is 19.5. The van der Waals surface area contributed by atoms with Crippen LogP contribution in [0.15, 0.2) is 10.2 Å². The van der Waals surface area contributed by atoms with E-state index in [9.17, 15) is 9.59 Å². The van der Waals surface area contributed by atoms with Gasteiger partial charge in [0.25, 0.3) is 0 Å². The van der Waals surface area contributed by atoms with Crippen molar-refractivity contribution in [3.63, 3.8) is 0 Å². The molecule has 0 spiro atoms. The van der Waals surface area contributed by atoms with E-state index >= 15 is 0 Å². The van der Waals surface area contributed by atoms with Gasteiger partial charge < -0.3 is 0 Å². The predicted molar refractivity (Wildman–Crippen MR) is 110 cm³/mol. The molecular weight excluding hydrogens is 340 g/mol. The van der Waals surface area contributed by atoms with Gasteiger partial charge in [0.05, 0.1) is 0 Å². The van der Waals surface area contributed by atoms with Gasteiger partial charge in [-0.1, -0.05) is 20.3 Å². The summed E-state index contributed by atoms with van der Waals surface area (Å²) in [6.45, 7) is 4.46. The van der Waals surface area contributed by atoms with Gasteiger partial charge >= 0.3 is 0 Å². The van der Waals surface area contributed by atoms with E-state index in [2.05, 4.69) is 34.9 Å². The maximum absolute atomic E-state index is 11.9. The summed E-state index contributed by atoms with van der Waals surface area (Å²) in [6.07, 6.45) is 12.2. The molecule has 2 atom stereocenters. The molecule has 2 fully saturated rings. The highest BCUT2D eigenvalue weighted by Crippen LogP contribution is 2.21. The second-order valence-electron chi connectivity index (χ2n) is 8.39. The number of carbonyl (C=O) groups is 2. The maximum Gasteiger partial charge on any atom is 0.240 e. The van der Waals surface area contributed by atoms with Crippen molar-refractivity contribution in [1.29, 1.82) is 0 Å². The van der Waals surface area contributed by atoms with Crippen LogP contribution in [0.3, 0.4) is 0 Å². The average Bonchev–Trinajstić information content (AvgIpc) is 2.64. The maximum atomic E-state index is 11.9. The molecule has 2 aliphatic rings. The third-order valence-corrected chi connectivity index (χ3v) is 5.48. The van der Waals surface area contributed by atoms with Crippen LogP contribution in [0.2, 0.25) is 0 Å².